The van der Waals surface area contributed by atoms with Crippen LogP contribution in [-0.4, -0.2) is 37.1 Å². The number of nitrogens with zero attached hydrogens (tertiary/aromatic N) is 1. The number of hydrogen-bond acceptors (Lipinski definition) is 2. The molecule has 0 heterocycles. The predicted octanol–water partition coefficient (Wildman–Crippen LogP) is 1.63. The predicted molar refractivity (Wildman–Crippen MR) is 57.9 cm³/mol. The van der Waals surface area contributed by atoms with Crippen molar-refractivity contribution < 1.29 is 0 Å². The van der Waals surface area contributed by atoms with E-state index in [0.29, 0.717) is 6.04 Å². The molecule has 0 amide bonds. The lowest BCUT2D eigenvalue weighted by atomic mass is 10.3. The van der Waals surface area contributed by atoms with Gasteiger partial charge in [-0.2, -0.15) is 0 Å². The first-order valence-corrected chi connectivity index (χ1v) is 5.29. The number of hydrogen-bond donors (Lipinski definition) is 1. The molecule has 0 radical (unpaired) electrons. The molecule has 2 nitrogen and oxygen atoms in total. The lowest BCUT2D eigenvalue weighted by Crippen LogP contribution is -2.39. The fourth-order valence-corrected chi connectivity index (χ4v) is 1.48. The van der Waals surface area contributed by atoms with Crippen LogP contribution in [0.25, 0.3) is 0 Å². The van der Waals surface area contributed by atoms with E-state index in [0.717, 1.165) is 19.1 Å². The molecule has 1 saturated carbocycles. The largest absolute Gasteiger partial charge is 0.312 e. The Morgan fingerprint density at radius 1 is 1.54 bits per heavy atom. The highest BCUT2D eigenvalue weighted by molar-refractivity contribution is 4.86. The summed E-state index contributed by atoms with van der Waals surface area (Å²) in [4.78, 5) is 2.49. The van der Waals surface area contributed by atoms with Crippen molar-refractivity contribution >= 4 is 0 Å². The Morgan fingerprint density at radius 2 is 2.23 bits per heavy atom. The summed E-state index contributed by atoms with van der Waals surface area (Å²) in [5, 5.41) is 3.42. The van der Waals surface area contributed by atoms with Crippen LogP contribution in [-0.2, 0) is 0 Å². The Balaban J connectivity index is 2.05. The van der Waals surface area contributed by atoms with E-state index in [9.17, 15) is 0 Å². The summed E-state index contributed by atoms with van der Waals surface area (Å²) in [7, 11) is 2.24. The molecule has 0 aromatic rings. The zero-order chi connectivity index (χ0) is 9.68. The van der Waals surface area contributed by atoms with Crippen molar-refractivity contribution in [2.45, 2.75) is 38.8 Å². The van der Waals surface area contributed by atoms with Crippen molar-refractivity contribution in [1.82, 2.24) is 10.2 Å². The Morgan fingerprint density at radius 3 is 2.77 bits per heavy atom. The van der Waals surface area contributed by atoms with E-state index < -0.39 is 0 Å². The number of rotatable bonds is 6. The molecule has 0 aromatic heterocycles. The third kappa shape index (κ3) is 3.92. The first-order valence-electron chi connectivity index (χ1n) is 5.29. The van der Waals surface area contributed by atoms with Gasteiger partial charge in [0.2, 0.25) is 0 Å². The van der Waals surface area contributed by atoms with Crippen LogP contribution in [0.2, 0.25) is 0 Å². The van der Waals surface area contributed by atoms with Gasteiger partial charge >= 0.3 is 0 Å². The van der Waals surface area contributed by atoms with Crippen LogP contribution >= 0.6 is 0 Å². The maximum atomic E-state index is 3.42. The van der Waals surface area contributed by atoms with Gasteiger partial charge in [-0.05, 0) is 33.7 Å². The molecule has 13 heavy (non-hydrogen) atoms. The van der Waals surface area contributed by atoms with Crippen LogP contribution in [0.5, 0.6) is 0 Å². The minimum absolute atomic E-state index is 0.665. The van der Waals surface area contributed by atoms with Gasteiger partial charge < -0.3 is 5.32 Å². The Labute approximate surface area is 82.0 Å². The van der Waals surface area contributed by atoms with Crippen LogP contribution in [0.1, 0.15) is 26.7 Å². The van der Waals surface area contributed by atoms with Gasteiger partial charge in [0.25, 0.3) is 0 Å². The fourth-order valence-electron chi connectivity index (χ4n) is 1.48. The standard InChI is InChI=1S/C11H22N2/c1-4-5-8-12-9-10(2)13(3)11-6-7-11/h4-5,10-12H,6-9H2,1-3H3/b5-4+. The summed E-state index contributed by atoms with van der Waals surface area (Å²) in [6.07, 6.45) is 7.04. The highest BCUT2D eigenvalue weighted by atomic mass is 15.2. The molecule has 1 aliphatic rings. The molecule has 1 aliphatic carbocycles. The first-order chi connectivity index (χ1) is 6.25. The van der Waals surface area contributed by atoms with Gasteiger partial charge in [0, 0.05) is 25.2 Å². The van der Waals surface area contributed by atoms with Crippen LogP contribution in [0.3, 0.4) is 0 Å². The van der Waals surface area contributed by atoms with Crippen molar-refractivity contribution in [3.63, 3.8) is 0 Å². The highest BCUT2D eigenvalue weighted by Crippen LogP contribution is 2.26. The van der Waals surface area contributed by atoms with Crippen molar-refractivity contribution in [3.05, 3.63) is 12.2 Å². The molecule has 0 bridgehead atoms. The van der Waals surface area contributed by atoms with Gasteiger partial charge in [0.05, 0.1) is 0 Å². The first kappa shape index (κ1) is 10.7. The minimum atomic E-state index is 0.665. The molecule has 0 aliphatic heterocycles. The second-order valence-corrected chi connectivity index (χ2v) is 3.97. The van der Waals surface area contributed by atoms with E-state index in [-0.39, 0.29) is 0 Å². The lowest BCUT2D eigenvalue weighted by Gasteiger charge is -2.24. The quantitative estimate of drug-likeness (QED) is 0.496. The normalized spacial score (nSPS) is 20.0. The molecule has 0 aromatic carbocycles. The number of nitrogens with one attached hydrogen (secondary N) is 1. The van der Waals surface area contributed by atoms with E-state index in [2.05, 4.69) is 43.3 Å². The highest BCUT2D eigenvalue weighted by Gasteiger charge is 2.28. The zero-order valence-corrected chi connectivity index (χ0v) is 9.09. The molecule has 2 heteroatoms. The Hall–Kier alpha value is -0.340. The van der Waals surface area contributed by atoms with Crippen molar-refractivity contribution in [3.8, 4) is 0 Å². The summed E-state index contributed by atoms with van der Waals surface area (Å²) in [6, 6.07) is 1.54. The van der Waals surface area contributed by atoms with Gasteiger partial charge in [0.1, 0.15) is 0 Å². The van der Waals surface area contributed by atoms with Crippen molar-refractivity contribution in [2.75, 3.05) is 20.1 Å². The maximum Gasteiger partial charge on any atom is 0.0192 e. The third-order valence-electron chi connectivity index (χ3n) is 2.76. The third-order valence-corrected chi connectivity index (χ3v) is 2.76. The van der Waals surface area contributed by atoms with Crippen LogP contribution in [0.15, 0.2) is 12.2 Å². The van der Waals surface area contributed by atoms with Gasteiger partial charge in [-0.3, -0.25) is 4.90 Å². The SMILES string of the molecule is C/C=C/CNCC(C)N(C)C1CC1. The zero-order valence-electron chi connectivity index (χ0n) is 9.09. The van der Waals surface area contributed by atoms with E-state index >= 15 is 0 Å². The van der Waals surface area contributed by atoms with Gasteiger partial charge in [-0.25, -0.2) is 0 Å². The molecular weight excluding hydrogens is 160 g/mol. The average Bonchev–Trinajstić information content (AvgIpc) is 2.94. The maximum absolute atomic E-state index is 3.42. The van der Waals surface area contributed by atoms with Crippen molar-refractivity contribution in [2.24, 2.45) is 0 Å². The molecule has 1 rings (SSSR count). The topological polar surface area (TPSA) is 15.3 Å². The van der Waals surface area contributed by atoms with Crippen LogP contribution < -0.4 is 5.32 Å². The van der Waals surface area contributed by atoms with Crippen molar-refractivity contribution in [1.29, 1.82) is 0 Å². The molecule has 0 saturated heterocycles. The number of allylic oxidation sites excluding steroid dienone is 1. The van der Waals surface area contributed by atoms with E-state index in [1.807, 2.05) is 0 Å². The number of likely N-dealkylation sites (N-methyl/N-ethyl adjacent to an activating group) is 1. The van der Waals surface area contributed by atoms with Gasteiger partial charge in [0.15, 0.2) is 0 Å². The van der Waals surface area contributed by atoms with E-state index in [4.69, 9.17) is 0 Å². The molecule has 1 fully saturated rings. The van der Waals surface area contributed by atoms with Gasteiger partial charge in [-0.15, -0.1) is 0 Å². The lowest BCUT2D eigenvalue weighted by molar-refractivity contribution is 0.243. The molecular formula is C11H22N2. The molecule has 76 valence electrons. The van der Waals surface area contributed by atoms with Crippen LogP contribution in [0, 0.1) is 0 Å². The Kier molecular flexibility index (Phi) is 4.46. The summed E-state index contributed by atoms with van der Waals surface area (Å²) in [5.41, 5.74) is 0. The molecule has 1 unspecified atom stereocenters. The summed E-state index contributed by atoms with van der Waals surface area (Å²) < 4.78 is 0. The minimum Gasteiger partial charge on any atom is -0.312 e. The molecule has 1 N–H and O–H groups in total. The van der Waals surface area contributed by atoms with E-state index in [1.54, 1.807) is 0 Å². The van der Waals surface area contributed by atoms with Gasteiger partial charge in [-0.1, -0.05) is 12.2 Å². The Bertz CT molecular complexity index is 161. The smallest absolute Gasteiger partial charge is 0.0192 e. The second-order valence-electron chi connectivity index (χ2n) is 3.97. The average molecular weight is 182 g/mol. The molecule has 1 atom stereocenters. The summed E-state index contributed by atoms with van der Waals surface area (Å²) >= 11 is 0. The van der Waals surface area contributed by atoms with E-state index in [1.165, 1.54) is 12.8 Å². The fraction of sp³-hybridized carbons (Fsp3) is 0.818. The monoisotopic (exact) mass is 182 g/mol. The summed E-state index contributed by atoms with van der Waals surface area (Å²) in [5.74, 6) is 0. The second kappa shape index (κ2) is 5.40. The van der Waals surface area contributed by atoms with Crippen LogP contribution in [0.4, 0.5) is 0 Å². The summed E-state index contributed by atoms with van der Waals surface area (Å²) in [6.45, 7) is 6.44. The molecule has 0 spiro atoms.